The zero-order chi connectivity index (χ0) is 14.9. The van der Waals surface area contributed by atoms with Crippen LogP contribution in [0.15, 0.2) is 23.6 Å². The van der Waals surface area contributed by atoms with Crippen LogP contribution < -0.4 is 10.5 Å². The van der Waals surface area contributed by atoms with Gasteiger partial charge in [0.25, 0.3) is 0 Å². The topological polar surface area (TPSA) is 48.1 Å². The van der Waals surface area contributed by atoms with Gasteiger partial charge in [-0.05, 0) is 17.5 Å². The highest BCUT2D eigenvalue weighted by atomic mass is 32.1. The molecule has 108 valence electrons. The first-order valence-corrected chi connectivity index (χ1v) is 7.26. The van der Waals surface area contributed by atoms with Gasteiger partial charge in [-0.2, -0.15) is 0 Å². The van der Waals surface area contributed by atoms with E-state index in [1.807, 2.05) is 5.38 Å². The number of benzene rings is 1. The molecule has 1 heterocycles. The van der Waals surface area contributed by atoms with E-state index in [-0.39, 0.29) is 17.3 Å². The van der Waals surface area contributed by atoms with Crippen molar-refractivity contribution in [1.82, 2.24) is 4.98 Å². The molecule has 0 aliphatic heterocycles. The van der Waals surface area contributed by atoms with E-state index in [1.54, 1.807) is 12.1 Å². The molecule has 2 aromatic rings. The van der Waals surface area contributed by atoms with Gasteiger partial charge in [-0.1, -0.05) is 26.8 Å². The number of ether oxygens (including phenoxy) is 1. The van der Waals surface area contributed by atoms with Gasteiger partial charge < -0.3 is 10.5 Å². The number of hydrogen-bond acceptors (Lipinski definition) is 4. The number of hydrogen-bond donors (Lipinski definition) is 1. The molecule has 2 N–H and O–H groups in total. The van der Waals surface area contributed by atoms with Gasteiger partial charge in [-0.3, -0.25) is 0 Å². The summed E-state index contributed by atoms with van der Waals surface area (Å²) >= 11 is 1.45. The molecule has 1 unspecified atom stereocenters. The molecule has 0 amide bonds. The maximum Gasteiger partial charge on any atom is 0.136 e. The lowest BCUT2D eigenvalue weighted by Gasteiger charge is -2.24. The van der Waals surface area contributed by atoms with Gasteiger partial charge >= 0.3 is 0 Å². The maximum absolute atomic E-state index is 14.0. The van der Waals surface area contributed by atoms with Crippen LogP contribution in [0.2, 0.25) is 0 Å². The molecule has 0 saturated carbocycles. The molecule has 20 heavy (non-hydrogen) atoms. The average Bonchev–Trinajstić information content (AvgIpc) is 2.85. The van der Waals surface area contributed by atoms with E-state index in [1.165, 1.54) is 24.5 Å². The van der Waals surface area contributed by atoms with Gasteiger partial charge in [-0.15, -0.1) is 11.3 Å². The monoisotopic (exact) mass is 294 g/mol. The lowest BCUT2D eigenvalue weighted by Crippen LogP contribution is -2.26. The fourth-order valence-corrected chi connectivity index (χ4v) is 2.89. The SMILES string of the molecule is COc1cccc(F)c1-c1csc(C(N)C(C)(C)C)n1. The Kier molecular flexibility index (Phi) is 4.11. The van der Waals surface area contributed by atoms with Gasteiger partial charge in [0.2, 0.25) is 0 Å². The summed E-state index contributed by atoms with van der Waals surface area (Å²) in [7, 11) is 1.52. The third-order valence-electron chi connectivity index (χ3n) is 3.17. The Balaban J connectivity index is 2.44. The summed E-state index contributed by atoms with van der Waals surface area (Å²) in [4.78, 5) is 4.49. The van der Waals surface area contributed by atoms with Gasteiger partial charge in [0, 0.05) is 5.38 Å². The fraction of sp³-hybridized carbons (Fsp3) is 0.400. The molecular formula is C15H19FN2OS. The summed E-state index contributed by atoms with van der Waals surface area (Å²) in [5, 5.41) is 2.62. The Morgan fingerprint density at radius 1 is 1.35 bits per heavy atom. The predicted molar refractivity (Wildman–Crippen MR) is 80.4 cm³/mol. The Hall–Kier alpha value is -1.46. The molecule has 1 atom stereocenters. The highest BCUT2D eigenvalue weighted by Gasteiger charge is 2.26. The maximum atomic E-state index is 14.0. The number of rotatable bonds is 3. The largest absolute Gasteiger partial charge is 0.496 e. The second-order valence-corrected chi connectivity index (χ2v) is 6.62. The highest BCUT2D eigenvalue weighted by Crippen LogP contribution is 2.37. The minimum Gasteiger partial charge on any atom is -0.496 e. The Morgan fingerprint density at radius 3 is 2.65 bits per heavy atom. The number of methoxy groups -OCH3 is 1. The van der Waals surface area contributed by atoms with Crippen LogP contribution in [-0.2, 0) is 0 Å². The molecule has 0 radical (unpaired) electrons. The molecule has 5 heteroatoms. The van der Waals surface area contributed by atoms with E-state index in [0.29, 0.717) is 17.0 Å². The number of aromatic nitrogens is 1. The smallest absolute Gasteiger partial charge is 0.136 e. The van der Waals surface area contributed by atoms with Crippen LogP contribution in [0.1, 0.15) is 31.8 Å². The van der Waals surface area contributed by atoms with Crippen molar-refractivity contribution in [2.45, 2.75) is 26.8 Å². The van der Waals surface area contributed by atoms with Crippen molar-refractivity contribution in [1.29, 1.82) is 0 Å². The van der Waals surface area contributed by atoms with Crippen molar-refractivity contribution in [3.8, 4) is 17.0 Å². The molecular weight excluding hydrogens is 275 g/mol. The highest BCUT2D eigenvalue weighted by molar-refractivity contribution is 7.10. The zero-order valence-corrected chi connectivity index (χ0v) is 12.9. The quantitative estimate of drug-likeness (QED) is 0.930. The number of halogens is 1. The van der Waals surface area contributed by atoms with Gasteiger partial charge in [0.15, 0.2) is 0 Å². The molecule has 0 bridgehead atoms. The summed E-state index contributed by atoms with van der Waals surface area (Å²) < 4.78 is 19.2. The van der Waals surface area contributed by atoms with Crippen LogP contribution >= 0.6 is 11.3 Å². The van der Waals surface area contributed by atoms with Crippen molar-refractivity contribution in [2.75, 3.05) is 7.11 Å². The molecule has 3 nitrogen and oxygen atoms in total. The summed E-state index contributed by atoms with van der Waals surface area (Å²) in [6, 6.07) is 4.56. The fourth-order valence-electron chi connectivity index (χ4n) is 1.84. The number of nitrogens with two attached hydrogens (primary N) is 1. The van der Waals surface area contributed by atoms with E-state index in [4.69, 9.17) is 10.5 Å². The minimum absolute atomic E-state index is 0.0888. The average molecular weight is 294 g/mol. The van der Waals surface area contributed by atoms with Gasteiger partial charge in [-0.25, -0.2) is 9.37 Å². The molecule has 0 saturated heterocycles. The van der Waals surface area contributed by atoms with E-state index in [2.05, 4.69) is 25.8 Å². The summed E-state index contributed by atoms with van der Waals surface area (Å²) in [6.45, 7) is 6.17. The van der Waals surface area contributed by atoms with Crippen molar-refractivity contribution < 1.29 is 9.13 Å². The normalized spacial score (nSPS) is 13.3. The van der Waals surface area contributed by atoms with Crippen LogP contribution in [-0.4, -0.2) is 12.1 Å². The Bertz CT molecular complexity index is 604. The van der Waals surface area contributed by atoms with Crippen molar-refractivity contribution in [2.24, 2.45) is 11.1 Å². The molecule has 1 aromatic heterocycles. The standard InChI is InChI=1S/C15H19FN2OS/c1-15(2,3)13(17)14-18-10(8-20-14)12-9(16)6-5-7-11(12)19-4/h5-8,13H,17H2,1-4H3. The predicted octanol–water partition coefficient (Wildman–Crippen LogP) is 4.00. The van der Waals surface area contributed by atoms with Crippen LogP contribution in [0.25, 0.3) is 11.3 Å². The van der Waals surface area contributed by atoms with Crippen LogP contribution in [0.3, 0.4) is 0 Å². The van der Waals surface area contributed by atoms with E-state index in [0.717, 1.165) is 5.01 Å². The third kappa shape index (κ3) is 2.83. The molecule has 0 spiro atoms. The number of nitrogens with zero attached hydrogens (tertiary/aromatic N) is 1. The second-order valence-electron chi connectivity index (χ2n) is 5.73. The van der Waals surface area contributed by atoms with Crippen molar-refractivity contribution in [3.63, 3.8) is 0 Å². The first-order chi connectivity index (χ1) is 9.34. The summed E-state index contributed by atoms with van der Waals surface area (Å²) in [6.07, 6.45) is 0. The second kappa shape index (κ2) is 5.50. The number of thiazole rings is 1. The molecule has 0 fully saturated rings. The zero-order valence-electron chi connectivity index (χ0n) is 12.1. The minimum atomic E-state index is -0.342. The van der Waals surface area contributed by atoms with Crippen molar-refractivity contribution in [3.05, 3.63) is 34.4 Å². The summed E-state index contributed by atoms with van der Waals surface area (Å²) in [5.41, 5.74) is 7.06. The van der Waals surface area contributed by atoms with E-state index in [9.17, 15) is 4.39 Å². The van der Waals surface area contributed by atoms with Crippen LogP contribution in [0, 0.1) is 11.2 Å². The van der Waals surface area contributed by atoms with Crippen LogP contribution in [0.4, 0.5) is 4.39 Å². The molecule has 0 aliphatic rings. The summed E-state index contributed by atoms with van der Waals surface area (Å²) in [5.74, 6) is 0.136. The van der Waals surface area contributed by atoms with E-state index >= 15 is 0 Å². The molecule has 1 aromatic carbocycles. The third-order valence-corrected chi connectivity index (χ3v) is 4.10. The van der Waals surface area contributed by atoms with Gasteiger partial charge in [0.05, 0.1) is 24.4 Å². The van der Waals surface area contributed by atoms with Gasteiger partial charge in [0.1, 0.15) is 16.6 Å². The lowest BCUT2D eigenvalue weighted by molar-refractivity contribution is 0.326. The first kappa shape index (κ1) is 14.9. The Morgan fingerprint density at radius 2 is 2.05 bits per heavy atom. The van der Waals surface area contributed by atoms with E-state index < -0.39 is 0 Å². The Labute approximate surface area is 122 Å². The lowest BCUT2D eigenvalue weighted by atomic mass is 9.88. The van der Waals surface area contributed by atoms with Crippen molar-refractivity contribution >= 4 is 11.3 Å². The molecule has 0 aliphatic carbocycles. The van der Waals surface area contributed by atoms with Crippen LogP contribution in [0.5, 0.6) is 5.75 Å². The first-order valence-electron chi connectivity index (χ1n) is 6.38. The molecule has 2 rings (SSSR count).